The fraction of sp³-hybridized carbons (Fsp3) is 0.267. The quantitative estimate of drug-likeness (QED) is 0.883. The molecule has 0 bridgehead atoms. The molecule has 0 radical (unpaired) electrons. The number of fused-ring (bicyclic) bond motifs is 1. The molecular formula is C15H15N3O3. The number of para-hydroxylation sites is 1. The van der Waals surface area contributed by atoms with Gasteiger partial charge in [-0.25, -0.2) is 9.78 Å². The number of hydrogen-bond acceptors (Lipinski definition) is 3. The SMILES string of the molecule is Cc1cccc2c1N(C(=O)c1nc[nH]c1C(=O)O)CCC2. The number of H-pyrrole nitrogens is 1. The highest BCUT2D eigenvalue weighted by molar-refractivity contribution is 6.10. The number of aromatic nitrogens is 2. The first-order valence-electron chi connectivity index (χ1n) is 6.76. The molecule has 1 aliphatic rings. The summed E-state index contributed by atoms with van der Waals surface area (Å²) in [7, 11) is 0. The summed E-state index contributed by atoms with van der Waals surface area (Å²) >= 11 is 0. The molecule has 108 valence electrons. The topological polar surface area (TPSA) is 86.3 Å². The van der Waals surface area contributed by atoms with Gasteiger partial charge in [0.25, 0.3) is 5.91 Å². The fourth-order valence-corrected chi connectivity index (χ4v) is 2.80. The predicted octanol–water partition coefficient (Wildman–Crippen LogP) is 2.01. The van der Waals surface area contributed by atoms with Gasteiger partial charge in [0.2, 0.25) is 0 Å². The first-order valence-corrected chi connectivity index (χ1v) is 6.76. The molecule has 0 unspecified atom stereocenters. The van der Waals surface area contributed by atoms with E-state index in [9.17, 15) is 9.59 Å². The van der Waals surface area contributed by atoms with Crippen LogP contribution in [0.5, 0.6) is 0 Å². The van der Waals surface area contributed by atoms with E-state index < -0.39 is 5.97 Å². The van der Waals surface area contributed by atoms with Crippen LogP contribution in [0.4, 0.5) is 5.69 Å². The zero-order chi connectivity index (χ0) is 15.0. The average molecular weight is 285 g/mol. The van der Waals surface area contributed by atoms with Gasteiger partial charge in [0.1, 0.15) is 0 Å². The Bertz CT molecular complexity index is 721. The van der Waals surface area contributed by atoms with Crippen LogP contribution in [0.25, 0.3) is 0 Å². The Morgan fingerprint density at radius 3 is 2.95 bits per heavy atom. The maximum atomic E-state index is 12.7. The van der Waals surface area contributed by atoms with Crippen LogP contribution in [0.2, 0.25) is 0 Å². The van der Waals surface area contributed by atoms with E-state index in [1.807, 2.05) is 25.1 Å². The van der Waals surface area contributed by atoms with Crippen molar-refractivity contribution in [2.45, 2.75) is 19.8 Å². The van der Waals surface area contributed by atoms with Gasteiger partial charge in [-0.2, -0.15) is 0 Å². The number of hydrogen-bond donors (Lipinski definition) is 2. The van der Waals surface area contributed by atoms with Crippen molar-refractivity contribution < 1.29 is 14.7 Å². The van der Waals surface area contributed by atoms with Gasteiger partial charge in [-0.05, 0) is 30.9 Å². The lowest BCUT2D eigenvalue weighted by molar-refractivity contribution is 0.0686. The largest absolute Gasteiger partial charge is 0.477 e. The second-order valence-corrected chi connectivity index (χ2v) is 5.07. The molecule has 0 aliphatic carbocycles. The summed E-state index contributed by atoms with van der Waals surface area (Å²) in [5.74, 6) is -1.55. The van der Waals surface area contributed by atoms with Crippen molar-refractivity contribution in [3.05, 3.63) is 47.0 Å². The van der Waals surface area contributed by atoms with Gasteiger partial charge in [0, 0.05) is 6.54 Å². The molecule has 0 atom stereocenters. The summed E-state index contributed by atoms with van der Waals surface area (Å²) < 4.78 is 0. The number of nitrogens with zero attached hydrogens (tertiary/aromatic N) is 2. The average Bonchev–Trinajstić information content (AvgIpc) is 2.96. The fourth-order valence-electron chi connectivity index (χ4n) is 2.80. The predicted molar refractivity (Wildman–Crippen MR) is 76.7 cm³/mol. The molecule has 21 heavy (non-hydrogen) atoms. The number of imidazole rings is 1. The number of aromatic carboxylic acids is 1. The number of anilines is 1. The summed E-state index contributed by atoms with van der Waals surface area (Å²) in [6.45, 7) is 2.52. The van der Waals surface area contributed by atoms with Crippen molar-refractivity contribution in [3.8, 4) is 0 Å². The molecule has 1 aromatic carbocycles. The molecule has 2 heterocycles. The third kappa shape index (κ3) is 2.18. The summed E-state index contributed by atoms with van der Waals surface area (Å²) in [6, 6.07) is 5.93. The summed E-state index contributed by atoms with van der Waals surface area (Å²) in [5, 5.41) is 9.11. The summed E-state index contributed by atoms with van der Waals surface area (Å²) in [4.78, 5) is 31.9. The monoisotopic (exact) mass is 285 g/mol. The van der Waals surface area contributed by atoms with E-state index in [4.69, 9.17) is 5.11 Å². The highest BCUT2D eigenvalue weighted by Crippen LogP contribution is 2.31. The second-order valence-electron chi connectivity index (χ2n) is 5.07. The molecular weight excluding hydrogens is 270 g/mol. The summed E-state index contributed by atoms with van der Waals surface area (Å²) in [5.41, 5.74) is 2.79. The Morgan fingerprint density at radius 1 is 1.38 bits per heavy atom. The van der Waals surface area contributed by atoms with E-state index in [1.165, 1.54) is 6.33 Å². The number of aryl methyl sites for hydroxylation is 2. The van der Waals surface area contributed by atoms with Crippen LogP contribution in [0.15, 0.2) is 24.5 Å². The molecule has 0 spiro atoms. The molecule has 0 saturated carbocycles. The first-order chi connectivity index (χ1) is 10.1. The second kappa shape index (κ2) is 5.05. The number of carboxylic acids is 1. The van der Waals surface area contributed by atoms with Gasteiger partial charge in [-0.1, -0.05) is 18.2 Å². The van der Waals surface area contributed by atoms with Crippen molar-refractivity contribution in [1.82, 2.24) is 9.97 Å². The number of nitrogens with one attached hydrogen (secondary N) is 1. The van der Waals surface area contributed by atoms with Crippen LogP contribution in [0, 0.1) is 6.92 Å². The highest BCUT2D eigenvalue weighted by Gasteiger charge is 2.29. The molecule has 1 amide bonds. The zero-order valence-electron chi connectivity index (χ0n) is 11.6. The van der Waals surface area contributed by atoms with Crippen molar-refractivity contribution in [2.24, 2.45) is 0 Å². The van der Waals surface area contributed by atoms with Crippen LogP contribution < -0.4 is 4.90 Å². The van der Waals surface area contributed by atoms with E-state index in [1.54, 1.807) is 4.90 Å². The number of aromatic amines is 1. The molecule has 3 rings (SSSR count). The Kier molecular flexibility index (Phi) is 3.21. The van der Waals surface area contributed by atoms with Crippen LogP contribution >= 0.6 is 0 Å². The Balaban J connectivity index is 2.05. The molecule has 1 aromatic heterocycles. The summed E-state index contributed by atoms with van der Waals surface area (Å²) in [6.07, 6.45) is 3.02. The van der Waals surface area contributed by atoms with E-state index in [2.05, 4.69) is 9.97 Å². The normalized spacial score (nSPS) is 13.9. The van der Waals surface area contributed by atoms with Crippen LogP contribution in [0.1, 0.15) is 38.5 Å². The van der Waals surface area contributed by atoms with Crippen LogP contribution in [-0.4, -0.2) is 33.5 Å². The molecule has 0 saturated heterocycles. The highest BCUT2D eigenvalue weighted by atomic mass is 16.4. The van der Waals surface area contributed by atoms with Crippen molar-refractivity contribution in [1.29, 1.82) is 0 Å². The molecule has 0 fully saturated rings. The van der Waals surface area contributed by atoms with Crippen molar-refractivity contribution >= 4 is 17.6 Å². The number of rotatable bonds is 2. The number of carbonyl (C=O) groups is 2. The Labute approximate surface area is 121 Å². The number of amides is 1. The lowest BCUT2D eigenvalue weighted by atomic mass is 9.98. The lowest BCUT2D eigenvalue weighted by Crippen LogP contribution is -2.37. The van der Waals surface area contributed by atoms with E-state index in [0.29, 0.717) is 6.54 Å². The zero-order valence-corrected chi connectivity index (χ0v) is 11.6. The van der Waals surface area contributed by atoms with Gasteiger partial charge in [0.05, 0.1) is 12.0 Å². The van der Waals surface area contributed by atoms with Crippen LogP contribution in [-0.2, 0) is 6.42 Å². The third-order valence-electron chi connectivity index (χ3n) is 3.72. The van der Waals surface area contributed by atoms with Gasteiger partial charge < -0.3 is 15.0 Å². The van der Waals surface area contributed by atoms with E-state index in [0.717, 1.165) is 29.7 Å². The third-order valence-corrected chi connectivity index (χ3v) is 3.72. The van der Waals surface area contributed by atoms with Gasteiger partial charge in [-0.3, -0.25) is 4.79 Å². The van der Waals surface area contributed by atoms with E-state index in [-0.39, 0.29) is 17.3 Å². The Morgan fingerprint density at radius 2 is 2.19 bits per heavy atom. The standard InChI is InChI=1S/C15H15N3O3/c1-9-4-2-5-10-6-3-7-18(13(9)10)14(19)11-12(15(20)21)17-8-16-11/h2,4-5,8H,3,6-7H2,1H3,(H,16,17)(H,20,21). The minimum absolute atomic E-state index is 0.0430. The minimum Gasteiger partial charge on any atom is -0.477 e. The number of benzene rings is 1. The number of carboxylic acid groups (broad SMARTS) is 1. The van der Waals surface area contributed by atoms with Crippen LogP contribution in [0.3, 0.4) is 0 Å². The Hall–Kier alpha value is -2.63. The van der Waals surface area contributed by atoms with Gasteiger partial charge in [-0.15, -0.1) is 0 Å². The molecule has 2 aromatic rings. The molecule has 2 N–H and O–H groups in total. The van der Waals surface area contributed by atoms with Crippen molar-refractivity contribution in [3.63, 3.8) is 0 Å². The molecule has 6 heteroatoms. The smallest absolute Gasteiger partial charge is 0.354 e. The number of carbonyl (C=O) groups excluding carboxylic acids is 1. The molecule has 1 aliphatic heterocycles. The van der Waals surface area contributed by atoms with Crippen molar-refractivity contribution in [2.75, 3.05) is 11.4 Å². The maximum absolute atomic E-state index is 12.7. The minimum atomic E-state index is -1.18. The first kappa shape index (κ1) is 13.4. The van der Waals surface area contributed by atoms with Gasteiger partial charge in [0.15, 0.2) is 11.4 Å². The van der Waals surface area contributed by atoms with E-state index >= 15 is 0 Å². The lowest BCUT2D eigenvalue weighted by Gasteiger charge is -2.30. The maximum Gasteiger partial charge on any atom is 0.354 e. The molecule has 6 nitrogen and oxygen atoms in total. The van der Waals surface area contributed by atoms with Gasteiger partial charge >= 0.3 is 5.97 Å².